The van der Waals surface area contributed by atoms with E-state index in [2.05, 4.69) is 39.5 Å². The van der Waals surface area contributed by atoms with Crippen LogP contribution in [0.2, 0.25) is 0 Å². The molecule has 0 unspecified atom stereocenters. The normalized spacial score (nSPS) is 13.6. The van der Waals surface area contributed by atoms with E-state index < -0.39 is 0 Å². The molecule has 0 fully saturated rings. The summed E-state index contributed by atoms with van der Waals surface area (Å²) >= 11 is 0. The maximum Gasteiger partial charge on any atom is 0.292 e. The van der Waals surface area contributed by atoms with Gasteiger partial charge in [-0.1, -0.05) is 0 Å². The van der Waals surface area contributed by atoms with Gasteiger partial charge in [-0.25, -0.2) is 4.98 Å². The molecule has 0 radical (unpaired) electrons. The maximum atomic E-state index is 8.33. The first-order chi connectivity index (χ1) is 17.5. The van der Waals surface area contributed by atoms with Crippen molar-refractivity contribution in [1.82, 2.24) is 24.3 Å². The molecule has 36 heavy (non-hydrogen) atoms. The molecule has 1 atom stereocenters. The SMILES string of the molecule is COC[C@H](C)n1cc(-c2cc3c4c(c2)nc(-c2ccc5oc(N)nc5c2)n4CCCO3)cn1.NN=O. The summed E-state index contributed by atoms with van der Waals surface area (Å²) in [6.07, 6.45) is 4.81. The van der Waals surface area contributed by atoms with Crippen LogP contribution in [0.25, 0.3) is 44.6 Å². The number of nitrogens with zero attached hydrogens (tertiary/aromatic N) is 6. The van der Waals surface area contributed by atoms with Crippen LogP contribution in [0.1, 0.15) is 19.4 Å². The van der Waals surface area contributed by atoms with Crippen molar-refractivity contribution in [2.24, 2.45) is 11.1 Å². The number of nitroso groups, excluding NO2 is 1. The Labute approximate surface area is 205 Å². The van der Waals surface area contributed by atoms with Crippen LogP contribution < -0.4 is 16.3 Å². The number of nitrogen functional groups attached to an aromatic ring is 1. The van der Waals surface area contributed by atoms with Crippen molar-refractivity contribution in [2.45, 2.75) is 25.9 Å². The fourth-order valence-electron chi connectivity index (χ4n) is 4.48. The van der Waals surface area contributed by atoms with Gasteiger partial charge in [0.25, 0.3) is 6.01 Å². The number of hydrogen-bond donors (Lipinski definition) is 2. The van der Waals surface area contributed by atoms with Crippen LogP contribution in [-0.4, -0.2) is 44.6 Å². The minimum Gasteiger partial charge on any atom is -0.491 e. The Morgan fingerprint density at radius 1 is 1.17 bits per heavy atom. The van der Waals surface area contributed by atoms with E-state index in [0.717, 1.165) is 52.3 Å². The third kappa shape index (κ3) is 4.22. The van der Waals surface area contributed by atoms with E-state index in [9.17, 15) is 0 Å². The zero-order valence-electron chi connectivity index (χ0n) is 19.9. The Balaban J connectivity index is 0.000000848. The number of fused-ring (bicyclic) bond motifs is 1. The molecule has 3 aromatic heterocycles. The van der Waals surface area contributed by atoms with Crippen molar-refractivity contribution >= 4 is 28.1 Å². The number of rotatable bonds is 5. The summed E-state index contributed by atoms with van der Waals surface area (Å²) in [4.78, 5) is 17.6. The molecule has 0 saturated heterocycles. The predicted molar refractivity (Wildman–Crippen MR) is 135 cm³/mol. The van der Waals surface area contributed by atoms with Crippen molar-refractivity contribution in [2.75, 3.05) is 26.1 Å². The number of oxazole rings is 1. The number of anilines is 1. The van der Waals surface area contributed by atoms with Crippen LogP contribution in [0.3, 0.4) is 0 Å². The lowest BCUT2D eigenvalue weighted by Crippen LogP contribution is -2.11. The zero-order valence-corrected chi connectivity index (χ0v) is 19.9. The minimum absolute atomic E-state index is 0.150. The molecule has 1 aliphatic heterocycles. The van der Waals surface area contributed by atoms with E-state index in [1.54, 1.807) is 12.4 Å². The molecule has 0 spiro atoms. The van der Waals surface area contributed by atoms with Crippen LogP contribution in [0.15, 0.2) is 52.4 Å². The lowest BCUT2D eigenvalue weighted by atomic mass is 10.1. The second-order valence-electron chi connectivity index (χ2n) is 8.48. The van der Waals surface area contributed by atoms with E-state index in [-0.39, 0.29) is 12.1 Å². The molecule has 12 heteroatoms. The summed E-state index contributed by atoms with van der Waals surface area (Å²) in [6, 6.07) is 10.3. The number of nitrogens with two attached hydrogens (primary N) is 2. The van der Waals surface area contributed by atoms with Gasteiger partial charge >= 0.3 is 0 Å². The Hall–Kier alpha value is -4.45. The van der Waals surface area contributed by atoms with Crippen LogP contribution >= 0.6 is 0 Å². The topological polar surface area (TPSA) is 162 Å². The molecule has 5 aromatic rings. The van der Waals surface area contributed by atoms with Gasteiger partial charge < -0.3 is 24.2 Å². The first kappa shape index (κ1) is 23.3. The third-order valence-corrected chi connectivity index (χ3v) is 6.05. The van der Waals surface area contributed by atoms with Gasteiger partial charge in [-0.2, -0.15) is 10.1 Å². The first-order valence-corrected chi connectivity index (χ1v) is 11.4. The third-order valence-electron chi connectivity index (χ3n) is 6.05. The van der Waals surface area contributed by atoms with Gasteiger partial charge in [0.1, 0.15) is 22.6 Å². The standard InChI is InChI=1S/C24H24N6O3.H2N2O/c1-14(13-31-2)30-12-17(11-26-30)16-9-19-22-21(10-16)32-7-3-6-29(22)23(27-19)15-4-5-20-18(8-15)28-24(25)33-20;1-2-3/h4-5,8-12,14H,3,6-7,13H2,1-2H3,(H2,25,28);(H2,1,3)/t14-;/m0./s1. The summed E-state index contributed by atoms with van der Waals surface area (Å²) in [7, 11) is 1.70. The van der Waals surface area contributed by atoms with Gasteiger partial charge in [0.2, 0.25) is 0 Å². The first-order valence-electron chi connectivity index (χ1n) is 11.4. The summed E-state index contributed by atoms with van der Waals surface area (Å²) < 4.78 is 21.0. The summed E-state index contributed by atoms with van der Waals surface area (Å²) in [6.45, 7) is 4.16. The highest BCUT2D eigenvalue weighted by molar-refractivity contribution is 5.91. The highest BCUT2D eigenvalue weighted by Gasteiger charge is 2.21. The Kier molecular flexibility index (Phi) is 6.25. The summed E-state index contributed by atoms with van der Waals surface area (Å²) in [5, 5.41) is 6.27. The van der Waals surface area contributed by atoms with Gasteiger partial charge in [-0.3, -0.25) is 10.5 Å². The summed E-state index contributed by atoms with van der Waals surface area (Å²) in [5.74, 6) is 5.63. The molecule has 0 aliphatic carbocycles. The van der Waals surface area contributed by atoms with Crippen molar-refractivity contribution < 1.29 is 13.9 Å². The number of imidazole rings is 1. The summed E-state index contributed by atoms with van der Waals surface area (Å²) in [5.41, 5.74) is 12.0. The zero-order chi connectivity index (χ0) is 25.2. The fraction of sp³-hybridized carbons (Fsp3) is 0.292. The van der Waals surface area contributed by atoms with E-state index in [1.807, 2.05) is 35.3 Å². The van der Waals surface area contributed by atoms with Gasteiger partial charge in [0, 0.05) is 36.3 Å². The Morgan fingerprint density at radius 3 is 2.78 bits per heavy atom. The average molecular weight is 491 g/mol. The molecule has 6 rings (SSSR count). The van der Waals surface area contributed by atoms with Gasteiger partial charge in [-0.05, 0) is 49.2 Å². The maximum absolute atomic E-state index is 8.33. The lowest BCUT2D eigenvalue weighted by molar-refractivity contribution is 0.157. The largest absolute Gasteiger partial charge is 0.491 e. The van der Waals surface area contributed by atoms with E-state index in [1.165, 1.54) is 0 Å². The Bertz CT molecular complexity index is 1540. The quantitative estimate of drug-likeness (QED) is 0.211. The molecule has 0 amide bonds. The van der Waals surface area contributed by atoms with Crippen molar-refractivity contribution in [1.29, 1.82) is 0 Å². The van der Waals surface area contributed by atoms with Crippen LogP contribution in [-0.2, 0) is 11.3 Å². The van der Waals surface area contributed by atoms with Crippen molar-refractivity contribution in [3.8, 4) is 28.3 Å². The number of aryl methyl sites for hydroxylation is 1. The average Bonchev–Trinajstić information content (AvgIpc) is 3.54. The number of methoxy groups -OCH3 is 1. The number of ether oxygens (including phenoxy) is 2. The number of benzene rings is 2. The number of aromatic nitrogens is 5. The molecule has 1 aliphatic rings. The Morgan fingerprint density at radius 2 is 1.97 bits per heavy atom. The molecule has 2 aromatic carbocycles. The smallest absolute Gasteiger partial charge is 0.292 e. The second kappa shape index (κ2) is 9.66. The molecular weight excluding hydrogens is 464 g/mol. The highest BCUT2D eigenvalue weighted by atomic mass is 16.5. The second-order valence-corrected chi connectivity index (χ2v) is 8.48. The fourth-order valence-corrected chi connectivity index (χ4v) is 4.48. The van der Waals surface area contributed by atoms with Gasteiger partial charge in [0.05, 0.1) is 31.0 Å². The minimum atomic E-state index is 0.150. The van der Waals surface area contributed by atoms with Gasteiger partial charge in [-0.15, -0.1) is 4.91 Å². The molecule has 0 saturated carbocycles. The van der Waals surface area contributed by atoms with E-state index in [4.69, 9.17) is 29.5 Å². The monoisotopic (exact) mass is 490 g/mol. The molecule has 186 valence electrons. The molecule has 4 heterocycles. The highest BCUT2D eigenvalue weighted by Crippen LogP contribution is 2.38. The van der Waals surface area contributed by atoms with Crippen molar-refractivity contribution in [3.05, 3.63) is 47.6 Å². The van der Waals surface area contributed by atoms with Crippen molar-refractivity contribution in [3.63, 3.8) is 0 Å². The van der Waals surface area contributed by atoms with Crippen LogP contribution in [0.4, 0.5) is 6.01 Å². The number of hydrogen-bond acceptors (Lipinski definition) is 9. The van der Waals surface area contributed by atoms with Gasteiger partial charge in [0.15, 0.2) is 5.58 Å². The molecule has 0 bridgehead atoms. The molecule has 12 nitrogen and oxygen atoms in total. The van der Waals surface area contributed by atoms with Crippen LogP contribution in [0.5, 0.6) is 5.75 Å². The predicted octanol–water partition coefficient (Wildman–Crippen LogP) is 3.91. The van der Waals surface area contributed by atoms with E-state index >= 15 is 0 Å². The van der Waals surface area contributed by atoms with E-state index in [0.29, 0.717) is 24.3 Å². The lowest BCUT2D eigenvalue weighted by Gasteiger charge is -2.10. The molecule has 4 N–H and O–H groups in total. The van der Waals surface area contributed by atoms with Crippen LogP contribution in [0, 0.1) is 4.91 Å². The molecular formula is C24H26N8O4.